The van der Waals surface area contributed by atoms with Crippen LogP contribution in [-0.4, -0.2) is 20.6 Å². The van der Waals surface area contributed by atoms with Crippen LogP contribution in [0.5, 0.6) is 5.75 Å². The summed E-state index contributed by atoms with van der Waals surface area (Å²) >= 11 is 5.79. The average Bonchev–Trinajstić information content (AvgIpc) is 2.86. The molecule has 0 aliphatic rings. The smallest absolute Gasteiger partial charge is 0.313 e. The van der Waals surface area contributed by atoms with E-state index in [1.807, 2.05) is 5.43 Å². The lowest BCUT2D eigenvalue weighted by atomic mass is 10.3. The van der Waals surface area contributed by atoms with Crippen molar-refractivity contribution in [2.75, 3.05) is 0 Å². The molecule has 0 saturated carbocycles. The zero-order valence-corrected chi connectivity index (χ0v) is 11.6. The Morgan fingerprint density at radius 1 is 1.59 bits per heavy atom. The van der Waals surface area contributed by atoms with Crippen LogP contribution < -0.4 is 16.0 Å². The molecule has 1 heterocycles. The van der Waals surface area contributed by atoms with Crippen molar-refractivity contribution in [3.63, 3.8) is 0 Å². The Balaban J connectivity index is 2.17. The molecule has 116 valence electrons. The molecular formula is C11H9ClFN5O4. The van der Waals surface area contributed by atoms with Crippen LogP contribution in [0.25, 0.3) is 0 Å². The van der Waals surface area contributed by atoms with Crippen LogP contribution in [0.4, 0.5) is 10.1 Å². The minimum Gasteiger partial charge on any atom is -0.464 e. The third-order valence-electron chi connectivity index (χ3n) is 2.53. The van der Waals surface area contributed by atoms with Gasteiger partial charge in [-0.2, -0.15) is 5.10 Å². The largest absolute Gasteiger partial charge is 0.464 e. The van der Waals surface area contributed by atoms with Crippen LogP contribution in [0.1, 0.15) is 10.5 Å². The number of halogens is 2. The Hall–Kier alpha value is -2.72. The van der Waals surface area contributed by atoms with Gasteiger partial charge in [-0.05, 0) is 12.1 Å². The van der Waals surface area contributed by atoms with Gasteiger partial charge in [-0.15, -0.1) is 0 Å². The molecule has 0 atom stereocenters. The summed E-state index contributed by atoms with van der Waals surface area (Å²) in [6, 6.07) is 2.87. The second kappa shape index (κ2) is 6.37. The molecule has 0 aliphatic heterocycles. The standard InChI is InChI=1S/C11H9ClFN5O4/c12-7-4-17(16-10(7)11(19)15-14)5-22-9-2-1-6(13)3-8(9)18(20)21/h1-4H,5,14H2,(H,15,19). The number of hydrogen-bond acceptors (Lipinski definition) is 6. The van der Waals surface area contributed by atoms with Gasteiger partial charge in [-0.1, -0.05) is 11.6 Å². The van der Waals surface area contributed by atoms with Gasteiger partial charge in [-0.25, -0.2) is 14.9 Å². The van der Waals surface area contributed by atoms with E-state index in [4.69, 9.17) is 22.2 Å². The van der Waals surface area contributed by atoms with Gasteiger partial charge < -0.3 is 4.74 Å². The minimum absolute atomic E-state index is 0.0279. The molecule has 0 bridgehead atoms. The molecule has 11 heteroatoms. The number of carbonyl (C=O) groups is 1. The van der Waals surface area contributed by atoms with Crippen molar-refractivity contribution in [2.24, 2.45) is 5.84 Å². The summed E-state index contributed by atoms with van der Waals surface area (Å²) in [5.41, 5.74) is 1.22. The van der Waals surface area contributed by atoms with Crippen molar-refractivity contribution < 1.29 is 18.8 Å². The van der Waals surface area contributed by atoms with Gasteiger partial charge in [0.05, 0.1) is 16.0 Å². The van der Waals surface area contributed by atoms with Crippen molar-refractivity contribution in [3.05, 3.63) is 51.0 Å². The zero-order chi connectivity index (χ0) is 16.3. The summed E-state index contributed by atoms with van der Waals surface area (Å²) in [5, 5.41) is 14.7. The molecule has 0 saturated heterocycles. The van der Waals surface area contributed by atoms with E-state index in [2.05, 4.69) is 5.10 Å². The van der Waals surface area contributed by atoms with E-state index in [1.165, 1.54) is 6.20 Å². The van der Waals surface area contributed by atoms with E-state index in [1.54, 1.807) is 0 Å². The van der Waals surface area contributed by atoms with Crippen molar-refractivity contribution in [2.45, 2.75) is 6.73 Å². The molecule has 0 radical (unpaired) electrons. The number of nitrogens with one attached hydrogen (secondary N) is 1. The molecule has 2 rings (SSSR count). The van der Waals surface area contributed by atoms with Crippen molar-refractivity contribution >= 4 is 23.2 Å². The SMILES string of the molecule is NNC(=O)c1nn(COc2ccc(F)cc2[N+](=O)[O-])cc1Cl. The molecule has 1 aromatic heterocycles. The van der Waals surface area contributed by atoms with Crippen LogP contribution in [0.2, 0.25) is 5.02 Å². The monoisotopic (exact) mass is 329 g/mol. The van der Waals surface area contributed by atoms with Crippen LogP contribution in [0.3, 0.4) is 0 Å². The van der Waals surface area contributed by atoms with Crippen molar-refractivity contribution in [1.82, 2.24) is 15.2 Å². The number of nitro groups is 1. The second-order valence-corrected chi connectivity index (χ2v) is 4.39. The molecule has 0 fully saturated rings. The molecule has 2 aromatic rings. The number of ether oxygens (including phenoxy) is 1. The Kier molecular flexibility index (Phi) is 4.53. The van der Waals surface area contributed by atoms with Gasteiger partial charge in [-0.3, -0.25) is 20.3 Å². The molecule has 0 unspecified atom stereocenters. The third kappa shape index (κ3) is 3.30. The topological polar surface area (TPSA) is 125 Å². The number of nitrogen functional groups attached to an aromatic ring is 1. The Labute approximate surface area is 127 Å². The molecule has 0 aliphatic carbocycles. The first-order valence-corrected chi connectivity index (χ1v) is 6.11. The fourth-order valence-electron chi connectivity index (χ4n) is 1.58. The molecule has 22 heavy (non-hydrogen) atoms. The highest BCUT2D eigenvalue weighted by molar-refractivity contribution is 6.33. The number of rotatable bonds is 5. The molecule has 1 amide bonds. The van der Waals surface area contributed by atoms with Crippen LogP contribution in [0, 0.1) is 15.9 Å². The van der Waals surface area contributed by atoms with E-state index in [9.17, 15) is 19.3 Å². The van der Waals surface area contributed by atoms with E-state index < -0.39 is 22.3 Å². The first-order valence-electron chi connectivity index (χ1n) is 5.73. The lowest BCUT2D eigenvalue weighted by Crippen LogP contribution is -2.30. The quantitative estimate of drug-likeness (QED) is 0.368. The number of benzene rings is 1. The zero-order valence-electron chi connectivity index (χ0n) is 10.8. The number of carbonyl (C=O) groups excluding carboxylic acids is 1. The number of hydrogen-bond donors (Lipinski definition) is 2. The highest BCUT2D eigenvalue weighted by atomic mass is 35.5. The number of hydrazine groups is 1. The first-order chi connectivity index (χ1) is 10.4. The first kappa shape index (κ1) is 15.7. The lowest BCUT2D eigenvalue weighted by Gasteiger charge is -2.06. The van der Waals surface area contributed by atoms with Gasteiger partial charge in [0.1, 0.15) is 5.82 Å². The highest BCUT2D eigenvalue weighted by Crippen LogP contribution is 2.27. The maximum absolute atomic E-state index is 13.0. The van der Waals surface area contributed by atoms with E-state index in [-0.39, 0.29) is 23.2 Å². The van der Waals surface area contributed by atoms with Gasteiger partial charge >= 0.3 is 5.69 Å². The molecule has 1 aromatic carbocycles. The van der Waals surface area contributed by atoms with Gasteiger partial charge in [0.25, 0.3) is 5.91 Å². The fraction of sp³-hybridized carbons (Fsp3) is 0.0909. The van der Waals surface area contributed by atoms with E-state index in [0.29, 0.717) is 0 Å². The normalized spacial score (nSPS) is 10.3. The minimum atomic E-state index is -0.776. The maximum atomic E-state index is 13.0. The molecule has 0 spiro atoms. The van der Waals surface area contributed by atoms with Crippen LogP contribution >= 0.6 is 11.6 Å². The predicted molar refractivity (Wildman–Crippen MR) is 72.6 cm³/mol. The van der Waals surface area contributed by atoms with E-state index in [0.717, 1.165) is 22.9 Å². The van der Waals surface area contributed by atoms with Crippen molar-refractivity contribution in [3.8, 4) is 5.75 Å². The van der Waals surface area contributed by atoms with E-state index >= 15 is 0 Å². The fourth-order valence-corrected chi connectivity index (χ4v) is 1.81. The summed E-state index contributed by atoms with van der Waals surface area (Å²) in [5.74, 6) is 3.36. The number of nitro benzene ring substituents is 1. The number of nitrogens with zero attached hydrogens (tertiary/aromatic N) is 3. The lowest BCUT2D eigenvalue weighted by molar-refractivity contribution is -0.386. The second-order valence-electron chi connectivity index (χ2n) is 3.98. The van der Waals surface area contributed by atoms with Crippen LogP contribution in [0.15, 0.2) is 24.4 Å². The number of aromatic nitrogens is 2. The summed E-state index contributed by atoms with van der Waals surface area (Å²) in [6.45, 7) is -0.274. The maximum Gasteiger partial charge on any atom is 0.313 e. The van der Waals surface area contributed by atoms with Gasteiger partial charge in [0, 0.05) is 6.20 Å². The molecular weight excluding hydrogens is 321 g/mol. The molecule has 3 N–H and O–H groups in total. The highest BCUT2D eigenvalue weighted by Gasteiger charge is 2.18. The summed E-state index contributed by atoms with van der Waals surface area (Å²) in [4.78, 5) is 21.4. The Morgan fingerprint density at radius 3 is 2.95 bits per heavy atom. The molecule has 9 nitrogen and oxygen atoms in total. The van der Waals surface area contributed by atoms with Gasteiger partial charge in [0.15, 0.2) is 18.2 Å². The van der Waals surface area contributed by atoms with Gasteiger partial charge in [0.2, 0.25) is 0 Å². The summed E-state index contributed by atoms with van der Waals surface area (Å²) < 4.78 is 19.3. The summed E-state index contributed by atoms with van der Waals surface area (Å²) in [6.07, 6.45) is 1.28. The number of amides is 1. The van der Waals surface area contributed by atoms with Crippen molar-refractivity contribution in [1.29, 1.82) is 0 Å². The third-order valence-corrected chi connectivity index (χ3v) is 2.81. The summed E-state index contributed by atoms with van der Waals surface area (Å²) in [7, 11) is 0. The van der Waals surface area contributed by atoms with Crippen LogP contribution in [-0.2, 0) is 6.73 Å². The Bertz CT molecular complexity index is 735. The Morgan fingerprint density at radius 2 is 2.32 bits per heavy atom. The predicted octanol–water partition coefficient (Wildman–Crippen LogP) is 1.22. The average molecular weight is 330 g/mol. The number of nitrogens with two attached hydrogens (primary N) is 1.